The Hall–Kier alpha value is -1.71. The first-order valence-electron chi connectivity index (χ1n) is 7.16. The lowest BCUT2D eigenvalue weighted by molar-refractivity contribution is 0.0724. The fraction of sp³-hybridized carbons (Fsp3) is 0.562. The predicted molar refractivity (Wildman–Crippen MR) is 83.0 cm³/mol. The third kappa shape index (κ3) is 3.89. The van der Waals surface area contributed by atoms with Crippen LogP contribution in [-0.4, -0.2) is 30.5 Å². The Morgan fingerprint density at radius 2 is 2.00 bits per heavy atom. The zero-order valence-corrected chi connectivity index (χ0v) is 13.1. The molecular formula is C16H26N2O2. The van der Waals surface area contributed by atoms with E-state index in [-0.39, 0.29) is 11.9 Å². The fourth-order valence-electron chi connectivity index (χ4n) is 2.26. The van der Waals surface area contributed by atoms with Gasteiger partial charge in [-0.15, -0.1) is 0 Å². The van der Waals surface area contributed by atoms with Crippen LogP contribution in [0.1, 0.15) is 44.5 Å². The Kier molecular flexibility index (Phi) is 5.86. The molecule has 0 spiro atoms. The van der Waals surface area contributed by atoms with E-state index in [2.05, 4.69) is 20.8 Å². The minimum atomic E-state index is -0.0473. The van der Waals surface area contributed by atoms with Gasteiger partial charge in [0.05, 0.1) is 17.9 Å². The lowest BCUT2D eigenvalue weighted by Crippen LogP contribution is -2.36. The van der Waals surface area contributed by atoms with E-state index >= 15 is 0 Å². The number of hydrogen-bond donors (Lipinski definition) is 1. The number of ether oxygens (including phenoxy) is 1. The van der Waals surface area contributed by atoms with Crippen LogP contribution < -0.4 is 10.5 Å². The number of anilines is 1. The van der Waals surface area contributed by atoms with E-state index in [1.165, 1.54) is 0 Å². The molecule has 4 heteroatoms. The smallest absolute Gasteiger partial charge is 0.257 e. The first-order valence-corrected chi connectivity index (χ1v) is 7.16. The Morgan fingerprint density at radius 1 is 1.35 bits per heavy atom. The molecular weight excluding hydrogens is 252 g/mol. The van der Waals surface area contributed by atoms with Crippen molar-refractivity contribution in [2.75, 3.05) is 19.4 Å². The third-order valence-corrected chi connectivity index (χ3v) is 3.36. The second kappa shape index (κ2) is 7.17. The van der Waals surface area contributed by atoms with Crippen molar-refractivity contribution in [3.63, 3.8) is 0 Å². The summed E-state index contributed by atoms with van der Waals surface area (Å²) in [6, 6.07) is 5.48. The SMILES string of the molecule is CCOc1c(N)cccc1C(=O)N(C)C(C)CC(C)C. The van der Waals surface area contributed by atoms with Gasteiger partial charge in [0.1, 0.15) is 0 Å². The van der Waals surface area contributed by atoms with Gasteiger partial charge in [0.2, 0.25) is 0 Å². The largest absolute Gasteiger partial charge is 0.491 e. The molecule has 20 heavy (non-hydrogen) atoms. The van der Waals surface area contributed by atoms with Crippen LogP contribution in [0, 0.1) is 5.92 Å². The van der Waals surface area contributed by atoms with Crippen LogP contribution in [0.2, 0.25) is 0 Å². The highest BCUT2D eigenvalue weighted by Gasteiger charge is 2.22. The van der Waals surface area contributed by atoms with Gasteiger partial charge in [-0.3, -0.25) is 4.79 Å². The summed E-state index contributed by atoms with van der Waals surface area (Å²) in [5.74, 6) is 0.991. The van der Waals surface area contributed by atoms with E-state index in [1.807, 2.05) is 14.0 Å². The highest BCUT2D eigenvalue weighted by atomic mass is 16.5. The van der Waals surface area contributed by atoms with Crippen molar-refractivity contribution in [1.82, 2.24) is 4.90 Å². The van der Waals surface area contributed by atoms with Gasteiger partial charge < -0.3 is 15.4 Å². The highest BCUT2D eigenvalue weighted by Crippen LogP contribution is 2.28. The van der Waals surface area contributed by atoms with Crippen LogP contribution in [-0.2, 0) is 0 Å². The van der Waals surface area contributed by atoms with E-state index in [0.717, 1.165) is 6.42 Å². The summed E-state index contributed by atoms with van der Waals surface area (Å²) in [5.41, 5.74) is 6.94. The number of amides is 1. The maximum atomic E-state index is 12.6. The highest BCUT2D eigenvalue weighted by molar-refractivity contribution is 5.98. The van der Waals surface area contributed by atoms with Crippen molar-refractivity contribution < 1.29 is 9.53 Å². The quantitative estimate of drug-likeness (QED) is 0.813. The molecule has 1 atom stereocenters. The average Bonchev–Trinajstić information content (AvgIpc) is 2.38. The lowest BCUT2D eigenvalue weighted by Gasteiger charge is -2.27. The van der Waals surface area contributed by atoms with E-state index in [1.54, 1.807) is 23.1 Å². The minimum Gasteiger partial charge on any atom is -0.491 e. The molecule has 0 fully saturated rings. The number of benzene rings is 1. The number of nitrogen functional groups attached to an aromatic ring is 1. The lowest BCUT2D eigenvalue weighted by atomic mass is 10.0. The summed E-state index contributed by atoms with van der Waals surface area (Å²) >= 11 is 0. The Labute approximate surface area is 121 Å². The van der Waals surface area contributed by atoms with Crippen molar-refractivity contribution in [3.8, 4) is 5.75 Å². The average molecular weight is 278 g/mol. The first kappa shape index (κ1) is 16.3. The monoisotopic (exact) mass is 278 g/mol. The van der Waals surface area contributed by atoms with Crippen molar-refractivity contribution in [2.45, 2.75) is 40.2 Å². The number of carbonyl (C=O) groups excluding carboxylic acids is 1. The number of hydrogen-bond acceptors (Lipinski definition) is 3. The molecule has 0 aliphatic carbocycles. The second-order valence-electron chi connectivity index (χ2n) is 5.55. The third-order valence-electron chi connectivity index (χ3n) is 3.36. The van der Waals surface area contributed by atoms with Crippen molar-refractivity contribution in [2.24, 2.45) is 5.92 Å². The fourth-order valence-corrected chi connectivity index (χ4v) is 2.26. The van der Waals surface area contributed by atoms with Crippen LogP contribution in [0.3, 0.4) is 0 Å². The van der Waals surface area contributed by atoms with Crippen molar-refractivity contribution in [3.05, 3.63) is 23.8 Å². The van der Waals surface area contributed by atoms with Gasteiger partial charge in [0.15, 0.2) is 5.75 Å². The topological polar surface area (TPSA) is 55.6 Å². The summed E-state index contributed by atoms with van der Waals surface area (Å²) in [7, 11) is 1.83. The van der Waals surface area contributed by atoms with Gasteiger partial charge in [0.25, 0.3) is 5.91 Å². The molecule has 0 bridgehead atoms. The molecule has 4 nitrogen and oxygen atoms in total. The summed E-state index contributed by atoms with van der Waals surface area (Å²) in [5, 5.41) is 0. The molecule has 0 saturated heterocycles. The van der Waals surface area contributed by atoms with E-state index < -0.39 is 0 Å². The van der Waals surface area contributed by atoms with Crippen molar-refractivity contribution >= 4 is 11.6 Å². The zero-order chi connectivity index (χ0) is 15.3. The molecule has 0 aliphatic heterocycles. The van der Waals surface area contributed by atoms with Crippen LogP contribution in [0.25, 0.3) is 0 Å². The summed E-state index contributed by atoms with van der Waals surface area (Å²) < 4.78 is 5.53. The summed E-state index contributed by atoms with van der Waals surface area (Å²) in [6.45, 7) is 8.73. The first-order chi connectivity index (χ1) is 9.38. The van der Waals surface area contributed by atoms with Crippen molar-refractivity contribution in [1.29, 1.82) is 0 Å². The Morgan fingerprint density at radius 3 is 2.55 bits per heavy atom. The van der Waals surface area contributed by atoms with E-state index in [0.29, 0.717) is 29.5 Å². The van der Waals surface area contributed by atoms with Gasteiger partial charge in [-0.2, -0.15) is 0 Å². The molecule has 112 valence electrons. The molecule has 0 heterocycles. The van der Waals surface area contributed by atoms with Gasteiger partial charge in [0, 0.05) is 13.1 Å². The molecule has 2 N–H and O–H groups in total. The number of nitrogens with two attached hydrogens (primary N) is 1. The molecule has 0 aromatic heterocycles. The Bertz CT molecular complexity index is 458. The van der Waals surface area contributed by atoms with Gasteiger partial charge in [-0.05, 0) is 38.3 Å². The number of para-hydroxylation sites is 1. The molecule has 0 radical (unpaired) electrons. The Balaban J connectivity index is 2.99. The standard InChI is InChI=1S/C16H26N2O2/c1-6-20-15-13(8-7-9-14(15)17)16(19)18(5)12(4)10-11(2)3/h7-9,11-12H,6,10,17H2,1-5H3. The van der Waals surface area contributed by atoms with Gasteiger partial charge >= 0.3 is 0 Å². The van der Waals surface area contributed by atoms with Crippen LogP contribution >= 0.6 is 0 Å². The number of carbonyl (C=O) groups is 1. The number of rotatable bonds is 6. The molecule has 1 unspecified atom stereocenters. The maximum Gasteiger partial charge on any atom is 0.257 e. The van der Waals surface area contributed by atoms with Gasteiger partial charge in [-0.25, -0.2) is 0 Å². The maximum absolute atomic E-state index is 12.6. The molecule has 0 saturated carbocycles. The predicted octanol–water partition coefficient (Wildman–Crippen LogP) is 3.17. The van der Waals surface area contributed by atoms with Gasteiger partial charge in [-0.1, -0.05) is 19.9 Å². The molecule has 1 aromatic carbocycles. The van der Waals surface area contributed by atoms with Crippen LogP contribution in [0.5, 0.6) is 5.75 Å². The number of nitrogens with zero attached hydrogens (tertiary/aromatic N) is 1. The zero-order valence-electron chi connectivity index (χ0n) is 13.1. The van der Waals surface area contributed by atoms with E-state index in [9.17, 15) is 4.79 Å². The second-order valence-corrected chi connectivity index (χ2v) is 5.55. The minimum absolute atomic E-state index is 0.0473. The normalized spacial score (nSPS) is 12.3. The van der Waals surface area contributed by atoms with E-state index in [4.69, 9.17) is 10.5 Å². The summed E-state index contributed by atoms with van der Waals surface area (Å²) in [4.78, 5) is 14.4. The van der Waals surface area contributed by atoms with Crippen LogP contribution in [0.15, 0.2) is 18.2 Å². The van der Waals surface area contributed by atoms with Crippen LogP contribution in [0.4, 0.5) is 5.69 Å². The molecule has 0 aliphatic rings. The summed E-state index contributed by atoms with van der Waals surface area (Å²) in [6.07, 6.45) is 0.967. The molecule has 1 aromatic rings. The molecule has 1 rings (SSSR count). The molecule has 1 amide bonds.